The summed E-state index contributed by atoms with van der Waals surface area (Å²) in [5, 5.41) is 0. The quantitative estimate of drug-likeness (QED) is 0.531. The molecule has 0 aromatic carbocycles. The molecule has 0 aliphatic rings. The van der Waals surface area contributed by atoms with Crippen LogP contribution in [0, 0.1) is 0 Å². The van der Waals surface area contributed by atoms with Gasteiger partial charge in [0.15, 0.2) is 0 Å². The number of hydrogen-bond acceptors (Lipinski definition) is 3. The number of H-pyrrole nitrogens is 1. The third-order valence-electron chi connectivity index (χ3n) is 1.17. The van der Waals surface area contributed by atoms with E-state index in [9.17, 15) is 14.4 Å². The van der Waals surface area contributed by atoms with Gasteiger partial charge in [-0.15, -0.1) is 0 Å². The number of nitrogens with one attached hydrogen (secondary N) is 1. The van der Waals surface area contributed by atoms with Crippen LogP contribution >= 0.6 is 0 Å². The van der Waals surface area contributed by atoms with E-state index < -0.39 is 17.2 Å². The molecule has 1 rings (SSSR count). The summed E-state index contributed by atoms with van der Waals surface area (Å²) in [5.74, 6) is -0.586. The number of hydrogen-bond donors (Lipinski definition) is 1. The van der Waals surface area contributed by atoms with Gasteiger partial charge in [0.25, 0.3) is 5.56 Å². The normalized spacial score (nSPS) is 9.55. The Bertz CT molecular complexity index is 359. The first-order chi connectivity index (χ1) is 5.13. The van der Waals surface area contributed by atoms with Gasteiger partial charge in [-0.25, -0.2) is 4.79 Å². The van der Waals surface area contributed by atoms with Gasteiger partial charge in [-0.1, -0.05) is 0 Å². The lowest BCUT2D eigenvalue weighted by Crippen LogP contribution is -2.37. The fourth-order valence-electron chi connectivity index (χ4n) is 0.722. The van der Waals surface area contributed by atoms with Crippen LogP contribution in [-0.2, 0) is 0 Å². The second-order valence-corrected chi connectivity index (χ2v) is 1.98. The lowest BCUT2D eigenvalue weighted by Gasteiger charge is -1.94. The van der Waals surface area contributed by atoms with Crippen molar-refractivity contribution < 1.29 is 4.79 Å². The summed E-state index contributed by atoms with van der Waals surface area (Å²) < 4.78 is 0.528. The molecule has 0 aliphatic heterocycles. The zero-order valence-electron chi connectivity index (χ0n) is 5.83. The average Bonchev–Trinajstić information content (AvgIpc) is 1.85. The van der Waals surface area contributed by atoms with Gasteiger partial charge in [0.2, 0.25) is 5.91 Å². The molecule has 0 bridgehead atoms. The van der Waals surface area contributed by atoms with Crippen LogP contribution in [0.3, 0.4) is 0 Å². The summed E-state index contributed by atoms with van der Waals surface area (Å²) in [6, 6.07) is 1.11. The average molecular weight is 154 g/mol. The molecular weight excluding hydrogens is 148 g/mol. The van der Waals surface area contributed by atoms with Gasteiger partial charge in [0, 0.05) is 19.2 Å². The minimum absolute atomic E-state index is 0.528. The highest BCUT2D eigenvalue weighted by Gasteiger charge is 2.02. The summed E-state index contributed by atoms with van der Waals surface area (Å²) in [7, 11) is 0. The van der Waals surface area contributed by atoms with Crippen LogP contribution in [0.15, 0.2) is 21.9 Å². The number of nitrogens with zero attached hydrogens (tertiary/aromatic N) is 1. The van der Waals surface area contributed by atoms with Gasteiger partial charge in [-0.3, -0.25) is 9.59 Å². The summed E-state index contributed by atoms with van der Waals surface area (Å²) >= 11 is 0. The first-order valence-corrected chi connectivity index (χ1v) is 2.94. The van der Waals surface area contributed by atoms with E-state index in [2.05, 4.69) is 4.98 Å². The Labute approximate surface area is 61.3 Å². The largest absolute Gasteiger partial charge is 0.335 e. The fourth-order valence-corrected chi connectivity index (χ4v) is 0.722. The van der Waals surface area contributed by atoms with Gasteiger partial charge < -0.3 is 4.98 Å². The highest BCUT2D eigenvalue weighted by Crippen LogP contribution is 1.68. The second-order valence-electron chi connectivity index (χ2n) is 1.98. The Morgan fingerprint density at radius 3 is 2.55 bits per heavy atom. The van der Waals surface area contributed by atoms with Crippen LogP contribution in [0.5, 0.6) is 0 Å². The molecular formula is C6H6N2O3. The van der Waals surface area contributed by atoms with E-state index in [1.54, 1.807) is 0 Å². The maximum atomic E-state index is 10.8. The van der Waals surface area contributed by atoms with Crippen molar-refractivity contribution in [1.29, 1.82) is 0 Å². The van der Waals surface area contributed by atoms with E-state index in [1.807, 2.05) is 0 Å². The molecule has 1 N–H and O–H groups in total. The minimum Gasteiger partial charge on any atom is -0.314 e. The smallest absolute Gasteiger partial charge is 0.314 e. The molecule has 0 unspecified atom stereocenters. The summed E-state index contributed by atoms with van der Waals surface area (Å²) in [4.78, 5) is 34.4. The molecule has 5 nitrogen and oxygen atoms in total. The van der Waals surface area contributed by atoms with E-state index in [-0.39, 0.29) is 0 Å². The van der Waals surface area contributed by atoms with Gasteiger partial charge in [-0.05, 0) is 0 Å². The van der Waals surface area contributed by atoms with Gasteiger partial charge in [-0.2, -0.15) is 4.57 Å². The fraction of sp³-hybridized carbons (Fsp3) is 0.167. The molecule has 1 heterocycles. The van der Waals surface area contributed by atoms with Crippen LogP contribution in [-0.4, -0.2) is 15.5 Å². The molecule has 11 heavy (non-hydrogen) atoms. The Hall–Kier alpha value is -1.65. The minimum atomic E-state index is -0.704. The van der Waals surface area contributed by atoms with Crippen molar-refractivity contribution in [2.45, 2.75) is 6.92 Å². The van der Waals surface area contributed by atoms with Gasteiger partial charge in [0.1, 0.15) is 0 Å². The van der Waals surface area contributed by atoms with Crippen molar-refractivity contribution in [2.75, 3.05) is 0 Å². The molecule has 0 spiro atoms. The van der Waals surface area contributed by atoms with E-state index in [0.717, 1.165) is 13.0 Å². The molecule has 0 saturated heterocycles. The third-order valence-corrected chi connectivity index (χ3v) is 1.17. The van der Waals surface area contributed by atoms with Crippen molar-refractivity contribution in [1.82, 2.24) is 9.55 Å². The zero-order chi connectivity index (χ0) is 8.43. The lowest BCUT2D eigenvalue weighted by molar-refractivity contribution is 0.0927. The molecule has 1 aromatic heterocycles. The van der Waals surface area contributed by atoms with Gasteiger partial charge in [0.05, 0.1) is 0 Å². The molecule has 5 heteroatoms. The molecule has 0 atom stereocenters. The first-order valence-electron chi connectivity index (χ1n) is 2.94. The molecule has 58 valence electrons. The van der Waals surface area contributed by atoms with Crippen molar-refractivity contribution in [3.8, 4) is 0 Å². The molecule has 0 saturated carbocycles. The summed E-state index contributed by atoms with van der Waals surface area (Å²) in [5.41, 5.74) is -1.31. The van der Waals surface area contributed by atoms with Crippen LogP contribution in [0.1, 0.15) is 11.7 Å². The van der Waals surface area contributed by atoms with E-state index in [1.165, 1.54) is 6.20 Å². The van der Waals surface area contributed by atoms with Crippen molar-refractivity contribution >= 4 is 5.91 Å². The monoisotopic (exact) mass is 154 g/mol. The molecule has 1 aromatic rings. The molecule has 0 fully saturated rings. The molecule has 0 radical (unpaired) electrons. The van der Waals surface area contributed by atoms with Crippen molar-refractivity contribution in [3.05, 3.63) is 33.1 Å². The van der Waals surface area contributed by atoms with Crippen molar-refractivity contribution in [2.24, 2.45) is 0 Å². The van der Waals surface area contributed by atoms with E-state index >= 15 is 0 Å². The highest BCUT2D eigenvalue weighted by molar-refractivity contribution is 5.75. The zero-order valence-corrected chi connectivity index (χ0v) is 5.83. The third kappa shape index (κ3) is 1.26. The predicted molar refractivity (Wildman–Crippen MR) is 37.6 cm³/mol. The molecule has 0 aliphatic carbocycles. The topological polar surface area (TPSA) is 71.9 Å². The van der Waals surface area contributed by atoms with Crippen molar-refractivity contribution in [3.63, 3.8) is 0 Å². The van der Waals surface area contributed by atoms with Crippen LogP contribution < -0.4 is 11.2 Å². The Morgan fingerprint density at radius 2 is 2.18 bits per heavy atom. The van der Waals surface area contributed by atoms with Gasteiger partial charge >= 0.3 is 5.69 Å². The summed E-state index contributed by atoms with van der Waals surface area (Å²) in [6.07, 6.45) is 1.20. The highest BCUT2D eigenvalue weighted by atomic mass is 16.2. The SMILES string of the molecule is CC(=O)n1c(=O)cc[nH]c1=O. The Kier molecular flexibility index (Phi) is 1.72. The number of aromatic nitrogens is 2. The maximum absolute atomic E-state index is 10.8. The number of aromatic amines is 1. The van der Waals surface area contributed by atoms with Crippen LogP contribution in [0.4, 0.5) is 0 Å². The van der Waals surface area contributed by atoms with E-state index in [0.29, 0.717) is 4.57 Å². The standard InChI is InChI=1S/C6H6N2O3/c1-4(9)8-5(10)2-3-7-6(8)11/h2-3H,1H3,(H,7,11). The number of carbonyl (C=O) groups excluding carboxylic acids is 1. The van der Waals surface area contributed by atoms with Crippen LogP contribution in [0.2, 0.25) is 0 Å². The Balaban J connectivity index is 3.58. The predicted octanol–water partition coefficient (Wildman–Crippen LogP) is -0.803. The lowest BCUT2D eigenvalue weighted by atomic mass is 10.6. The number of carbonyl (C=O) groups is 1. The maximum Gasteiger partial charge on any atom is 0.335 e. The second kappa shape index (κ2) is 2.53. The number of rotatable bonds is 0. The summed E-state index contributed by atoms with van der Waals surface area (Å²) in [6.45, 7) is 1.15. The van der Waals surface area contributed by atoms with E-state index in [4.69, 9.17) is 0 Å². The Morgan fingerprint density at radius 1 is 1.55 bits per heavy atom. The first kappa shape index (κ1) is 7.46. The van der Waals surface area contributed by atoms with Crippen LogP contribution in [0.25, 0.3) is 0 Å². The molecule has 0 amide bonds.